The summed E-state index contributed by atoms with van der Waals surface area (Å²) in [6, 6.07) is 0. The molecule has 1 heterocycles. The third kappa shape index (κ3) is 7.11. The average Bonchev–Trinajstić information content (AvgIpc) is 2.45. The van der Waals surface area contributed by atoms with Crippen LogP contribution >= 0.6 is 0 Å². The minimum atomic E-state index is -0.479. The molecule has 2 amide bonds. The Morgan fingerprint density at radius 1 is 1.18 bits per heavy atom. The molecule has 0 unspecified atom stereocenters. The molecule has 1 aliphatic heterocycles. The van der Waals surface area contributed by atoms with Gasteiger partial charge in [0, 0.05) is 39.3 Å². The van der Waals surface area contributed by atoms with Gasteiger partial charge in [-0.15, -0.1) is 0 Å². The Kier molecular flexibility index (Phi) is 7.65. The van der Waals surface area contributed by atoms with Gasteiger partial charge < -0.3 is 19.7 Å². The summed E-state index contributed by atoms with van der Waals surface area (Å²) < 4.78 is 10.3. The molecule has 6 heteroatoms. The van der Waals surface area contributed by atoms with E-state index in [2.05, 4.69) is 5.32 Å². The van der Waals surface area contributed by atoms with Crippen molar-refractivity contribution in [2.45, 2.75) is 52.1 Å². The first-order chi connectivity index (χ1) is 10.3. The highest BCUT2D eigenvalue weighted by atomic mass is 16.6. The number of ether oxygens (including phenoxy) is 2. The molecule has 0 saturated carbocycles. The zero-order chi connectivity index (χ0) is 16.6. The van der Waals surface area contributed by atoms with Gasteiger partial charge in [-0.3, -0.25) is 4.79 Å². The summed E-state index contributed by atoms with van der Waals surface area (Å²) in [5.41, 5.74) is -0.479. The van der Waals surface area contributed by atoms with E-state index in [0.29, 0.717) is 32.5 Å². The highest BCUT2D eigenvalue weighted by Crippen LogP contribution is 2.19. The molecule has 6 nitrogen and oxygen atoms in total. The van der Waals surface area contributed by atoms with Crippen LogP contribution in [0, 0.1) is 5.92 Å². The summed E-state index contributed by atoms with van der Waals surface area (Å²) in [6.07, 6.45) is 2.99. The van der Waals surface area contributed by atoms with Crippen molar-refractivity contribution in [3.8, 4) is 0 Å². The number of methoxy groups -OCH3 is 1. The minimum Gasteiger partial charge on any atom is -0.444 e. The number of nitrogens with zero attached hydrogens (tertiary/aromatic N) is 1. The number of unbranched alkanes of at least 4 members (excludes halogenated alkanes) is 1. The quantitative estimate of drug-likeness (QED) is 0.763. The number of nitrogens with one attached hydrogen (secondary N) is 1. The van der Waals surface area contributed by atoms with E-state index >= 15 is 0 Å². The van der Waals surface area contributed by atoms with Crippen LogP contribution in [0.2, 0.25) is 0 Å². The molecule has 22 heavy (non-hydrogen) atoms. The largest absolute Gasteiger partial charge is 0.444 e. The Balaban J connectivity index is 2.24. The van der Waals surface area contributed by atoms with E-state index in [1.165, 1.54) is 0 Å². The van der Waals surface area contributed by atoms with E-state index in [9.17, 15) is 9.59 Å². The normalized spacial score (nSPS) is 16.5. The van der Waals surface area contributed by atoms with Gasteiger partial charge in [-0.25, -0.2) is 4.79 Å². The average molecular weight is 314 g/mol. The fourth-order valence-electron chi connectivity index (χ4n) is 2.38. The molecule has 0 aromatic rings. The van der Waals surface area contributed by atoms with Crippen LogP contribution in [-0.2, 0) is 14.3 Å². The topological polar surface area (TPSA) is 67.9 Å². The lowest BCUT2D eigenvalue weighted by atomic mass is 9.96. The van der Waals surface area contributed by atoms with Crippen LogP contribution in [0.5, 0.6) is 0 Å². The van der Waals surface area contributed by atoms with E-state index in [1.54, 1.807) is 12.0 Å². The Hall–Kier alpha value is -1.30. The van der Waals surface area contributed by atoms with Crippen molar-refractivity contribution in [1.29, 1.82) is 0 Å². The van der Waals surface area contributed by atoms with Crippen LogP contribution < -0.4 is 5.32 Å². The molecule has 0 atom stereocenters. The van der Waals surface area contributed by atoms with Gasteiger partial charge >= 0.3 is 6.09 Å². The van der Waals surface area contributed by atoms with E-state index in [4.69, 9.17) is 9.47 Å². The van der Waals surface area contributed by atoms with Crippen molar-refractivity contribution in [3.63, 3.8) is 0 Å². The maximum atomic E-state index is 12.1. The molecule has 0 aromatic heterocycles. The number of likely N-dealkylation sites (tertiary alicyclic amines) is 1. The Bertz CT molecular complexity index is 358. The molecule has 1 rings (SSSR count). The first-order valence-corrected chi connectivity index (χ1v) is 8.08. The number of piperidine rings is 1. The summed E-state index contributed by atoms with van der Waals surface area (Å²) >= 11 is 0. The van der Waals surface area contributed by atoms with Crippen molar-refractivity contribution in [3.05, 3.63) is 0 Å². The highest BCUT2D eigenvalue weighted by Gasteiger charge is 2.29. The van der Waals surface area contributed by atoms with Crippen LogP contribution in [0.25, 0.3) is 0 Å². The monoisotopic (exact) mass is 314 g/mol. The van der Waals surface area contributed by atoms with Gasteiger partial charge in [-0.05, 0) is 46.5 Å². The predicted molar refractivity (Wildman–Crippen MR) is 84.7 cm³/mol. The standard InChI is InChI=1S/C16H30N2O4/c1-16(2,3)22-15(20)18-10-7-13(8-11-18)14(19)17-9-5-6-12-21-4/h13H,5-12H2,1-4H3,(H,17,19). The van der Waals surface area contributed by atoms with Gasteiger partial charge in [-0.1, -0.05) is 0 Å². The van der Waals surface area contributed by atoms with Gasteiger partial charge in [0.15, 0.2) is 0 Å². The number of amides is 2. The fraction of sp³-hybridized carbons (Fsp3) is 0.875. The zero-order valence-electron chi connectivity index (χ0n) is 14.3. The number of hydrogen-bond acceptors (Lipinski definition) is 4. The lowest BCUT2D eigenvalue weighted by Gasteiger charge is -2.32. The van der Waals surface area contributed by atoms with Crippen LogP contribution in [0.3, 0.4) is 0 Å². The second-order valence-electron chi connectivity index (χ2n) is 6.73. The van der Waals surface area contributed by atoms with Crippen molar-refractivity contribution in [2.24, 2.45) is 5.92 Å². The van der Waals surface area contributed by atoms with Crippen molar-refractivity contribution in [2.75, 3.05) is 33.4 Å². The minimum absolute atomic E-state index is 0.00103. The van der Waals surface area contributed by atoms with Crippen molar-refractivity contribution in [1.82, 2.24) is 10.2 Å². The van der Waals surface area contributed by atoms with Gasteiger partial charge in [0.1, 0.15) is 5.60 Å². The van der Waals surface area contributed by atoms with E-state index in [1.807, 2.05) is 20.8 Å². The van der Waals surface area contributed by atoms with Gasteiger partial charge in [0.25, 0.3) is 0 Å². The summed E-state index contributed by atoms with van der Waals surface area (Å²) in [7, 11) is 1.68. The lowest BCUT2D eigenvalue weighted by molar-refractivity contribution is -0.126. The third-order valence-corrected chi connectivity index (χ3v) is 3.59. The van der Waals surface area contributed by atoms with Gasteiger partial charge in [0.05, 0.1) is 0 Å². The van der Waals surface area contributed by atoms with Crippen molar-refractivity contribution < 1.29 is 19.1 Å². The van der Waals surface area contributed by atoms with Crippen LogP contribution in [0.1, 0.15) is 46.5 Å². The van der Waals surface area contributed by atoms with Gasteiger partial charge in [-0.2, -0.15) is 0 Å². The molecular formula is C16H30N2O4. The second-order valence-corrected chi connectivity index (χ2v) is 6.73. The maximum absolute atomic E-state index is 12.1. The first-order valence-electron chi connectivity index (χ1n) is 8.08. The summed E-state index contributed by atoms with van der Waals surface area (Å²) in [5.74, 6) is 0.0994. The molecule has 0 radical (unpaired) electrons. The molecule has 1 fully saturated rings. The molecule has 1 aliphatic rings. The molecule has 0 spiro atoms. The summed E-state index contributed by atoms with van der Waals surface area (Å²) in [5, 5.41) is 2.96. The van der Waals surface area contributed by atoms with Crippen LogP contribution in [0.15, 0.2) is 0 Å². The Morgan fingerprint density at radius 3 is 2.36 bits per heavy atom. The molecule has 1 saturated heterocycles. The van der Waals surface area contributed by atoms with Crippen LogP contribution in [0.4, 0.5) is 4.79 Å². The summed E-state index contributed by atoms with van der Waals surface area (Å²) in [4.78, 5) is 25.7. The van der Waals surface area contributed by atoms with Crippen molar-refractivity contribution >= 4 is 12.0 Å². The van der Waals surface area contributed by atoms with Gasteiger partial charge in [0.2, 0.25) is 5.91 Å². The number of hydrogen-bond donors (Lipinski definition) is 1. The third-order valence-electron chi connectivity index (χ3n) is 3.59. The second kappa shape index (κ2) is 8.98. The smallest absolute Gasteiger partial charge is 0.410 e. The molecule has 128 valence electrons. The molecule has 1 N–H and O–H groups in total. The fourth-order valence-corrected chi connectivity index (χ4v) is 2.38. The highest BCUT2D eigenvalue weighted by molar-refractivity contribution is 5.79. The number of rotatable bonds is 6. The van der Waals surface area contributed by atoms with Crippen LogP contribution in [-0.4, -0.2) is 55.9 Å². The van der Waals surface area contributed by atoms with E-state index in [-0.39, 0.29) is 17.9 Å². The molecule has 0 bridgehead atoms. The first kappa shape index (κ1) is 18.7. The predicted octanol–water partition coefficient (Wildman–Crippen LogP) is 2.18. The lowest BCUT2D eigenvalue weighted by Crippen LogP contribution is -2.45. The molecular weight excluding hydrogens is 284 g/mol. The van der Waals surface area contributed by atoms with E-state index in [0.717, 1.165) is 19.4 Å². The van der Waals surface area contributed by atoms with E-state index < -0.39 is 5.60 Å². The SMILES string of the molecule is COCCCCNC(=O)C1CCN(C(=O)OC(C)(C)C)CC1. The maximum Gasteiger partial charge on any atom is 0.410 e. The Labute approximate surface area is 133 Å². The number of carbonyl (C=O) groups is 2. The zero-order valence-corrected chi connectivity index (χ0v) is 14.3. The number of carbonyl (C=O) groups excluding carboxylic acids is 2. The molecule has 0 aromatic carbocycles. The summed E-state index contributed by atoms with van der Waals surface area (Å²) in [6.45, 7) is 8.14. The molecule has 0 aliphatic carbocycles. The Morgan fingerprint density at radius 2 is 1.82 bits per heavy atom.